The molecule has 0 aromatic heterocycles. The van der Waals surface area contributed by atoms with Crippen LogP contribution in [-0.2, 0) is 4.79 Å². The molecule has 2 N–H and O–H groups in total. The Morgan fingerprint density at radius 1 is 1.56 bits per heavy atom. The lowest BCUT2D eigenvalue weighted by Crippen LogP contribution is -2.01. The van der Waals surface area contributed by atoms with Crippen LogP contribution in [0.2, 0.25) is 0 Å². The Bertz CT molecular complexity index is 555. The van der Waals surface area contributed by atoms with E-state index in [1.54, 1.807) is 6.08 Å². The van der Waals surface area contributed by atoms with Gasteiger partial charge in [0.1, 0.15) is 5.75 Å². The third-order valence-corrected chi connectivity index (χ3v) is 3.50. The van der Waals surface area contributed by atoms with Crippen LogP contribution in [0.1, 0.15) is 12.5 Å². The third-order valence-electron chi connectivity index (χ3n) is 2.20. The van der Waals surface area contributed by atoms with Crippen molar-refractivity contribution in [3.05, 3.63) is 33.1 Å². The van der Waals surface area contributed by atoms with Crippen molar-refractivity contribution >= 4 is 44.8 Å². The van der Waals surface area contributed by atoms with E-state index < -0.39 is 0 Å². The number of halogens is 1. The van der Waals surface area contributed by atoms with Crippen molar-refractivity contribution in [2.75, 3.05) is 6.61 Å². The fourth-order valence-electron chi connectivity index (χ4n) is 1.49. The van der Waals surface area contributed by atoms with Crippen molar-refractivity contribution < 1.29 is 9.53 Å². The number of hydrogen-bond donors (Lipinski definition) is 1. The molecular weight excluding hydrogens is 316 g/mol. The number of hydrogen-bond acceptors (Lipinski definition) is 4. The summed E-state index contributed by atoms with van der Waals surface area (Å²) in [6.07, 6.45) is 1.74. The molecule has 0 unspecified atom stereocenters. The van der Waals surface area contributed by atoms with Crippen LogP contribution in [0.5, 0.6) is 5.75 Å². The number of ether oxygens (including phenoxy) is 1. The van der Waals surface area contributed by atoms with Gasteiger partial charge in [0.15, 0.2) is 5.17 Å². The van der Waals surface area contributed by atoms with Crippen LogP contribution in [0, 0.1) is 0 Å². The zero-order valence-electron chi connectivity index (χ0n) is 9.64. The summed E-state index contributed by atoms with van der Waals surface area (Å²) in [6.45, 7) is 2.48. The number of rotatable bonds is 3. The highest BCUT2D eigenvalue weighted by Crippen LogP contribution is 2.31. The van der Waals surface area contributed by atoms with E-state index in [1.807, 2.05) is 25.1 Å². The van der Waals surface area contributed by atoms with Crippen LogP contribution < -0.4 is 10.5 Å². The normalized spacial score (nSPS) is 17.1. The van der Waals surface area contributed by atoms with Crippen molar-refractivity contribution in [1.29, 1.82) is 0 Å². The monoisotopic (exact) mass is 326 g/mol. The van der Waals surface area contributed by atoms with Crippen LogP contribution in [0.3, 0.4) is 0 Å². The maximum Gasteiger partial charge on any atom is 0.286 e. The molecule has 1 aromatic carbocycles. The minimum absolute atomic E-state index is 0.277. The molecule has 4 nitrogen and oxygen atoms in total. The number of thioether (sulfide) groups is 1. The number of benzene rings is 1. The van der Waals surface area contributed by atoms with E-state index in [2.05, 4.69) is 20.9 Å². The zero-order valence-corrected chi connectivity index (χ0v) is 12.0. The Morgan fingerprint density at radius 2 is 2.33 bits per heavy atom. The van der Waals surface area contributed by atoms with Crippen LogP contribution in [-0.4, -0.2) is 17.7 Å². The van der Waals surface area contributed by atoms with Gasteiger partial charge in [-0.05, 0) is 43.0 Å². The van der Waals surface area contributed by atoms with E-state index in [4.69, 9.17) is 10.5 Å². The van der Waals surface area contributed by atoms with Crippen molar-refractivity contribution in [3.63, 3.8) is 0 Å². The number of nitrogens with two attached hydrogens (primary N) is 1. The Labute approximate surface area is 117 Å². The summed E-state index contributed by atoms with van der Waals surface area (Å²) in [4.78, 5) is 15.7. The molecule has 1 aliphatic heterocycles. The van der Waals surface area contributed by atoms with Crippen LogP contribution >= 0.6 is 27.7 Å². The van der Waals surface area contributed by atoms with Gasteiger partial charge in [-0.3, -0.25) is 4.79 Å². The number of nitrogens with zero attached hydrogens (tertiary/aromatic N) is 1. The predicted octanol–water partition coefficient (Wildman–Crippen LogP) is 2.78. The highest BCUT2D eigenvalue weighted by Gasteiger charge is 2.20. The first kappa shape index (κ1) is 13.2. The molecule has 1 aromatic rings. The maximum atomic E-state index is 11.5. The number of aliphatic imine (C=N–C) groups is 1. The van der Waals surface area contributed by atoms with Gasteiger partial charge in [0.25, 0.3) is 5.91 Å². The topological polar surface area (TPSA) is 64.7 Å². The second-order valence-corrected chi connectivity index (χ2v) is 5.46. The molecule has 1 heterocycles. The Hall–Kier alpha value is -1.27. The lowest BCUT2D eigenvalue weighted by Gasteiger charge is -2.07. The molecule has 2 rings (SSSR count). The van der Waals surface area contributed by atoms with Gasteiger partial charge < -0.3 is 10.5 Å². The SMILES string of the molecule is CCOc1ccc(Br)cc1C=C1SC(N)=NC1=O. The smallest absolute Gasteiger partial charge is 0.286 e. The molecule has 0 saturated carbocycles. The van der Waals surface area contributed by atoms with Gasteiger partial charge in [-0.15, -0.1) is 0 Å². The zero-order chi connectivity index (χ0) is 13.1. The molecule has 1 aliphatic rings. The summed E-state index contributed by atoms with van der Waals surface area (Å²) in [5, 5.41) is 0.277. The van der Waals surface area contributed by atoms with Crippen LogP contribution in [0.15, 0.2) is 32.6 Å². The first-order valence-electron chi connectivity index (χ1n) is 5.30. The number of carbonyl (C=O) groups is 1. The largest absolute Gasteiger partial charge is 0.493 e. The van der Waals surface area contributed by atoms with Crippen molar-refractivity contribution in [3.8, 4) is 5.75 Å². The summed E-state index contributed by atoms with van der Waals surface area (Å²) < 4.78 is 6.43. The van der Waals surface area contributed by atoms with Gasteiger partial charge in [0.05, 0.1) is 11.5 Å². The number of amides is 1. The lowest BCUT2D eigenvalue weighted by molar-refractivity contribution is -0.113. The van der Waals surface area contributed by atoms with Crippen molar-refractivity contribution in [2.45, 2.75) is 6.92 Å². The van der Waals surface area contributed by atoms with Gasteiger partial charge in [-0.25, -0.2) is 0 Å². The van der Waals surface area contributed by atoms with E-state index in [0.717, 1.165) is 15.8 Å². The molecular formula is C12H11BrN2O2S. The third kappa shape index (κ3) is 2.94. The average Bonchev–Trinajstić information content (AvgIpc) is 2.61. The molecule has 0 fully saturated rings. The molecule has 6 heteroatoms. The maximum absolute atomic E-state index is 11.5. The van der Waals surface area contributed by atoms with E-state index >= 15 is 0 Å². The van der Waals surface area contributed by atoms with E-state index in [9.17, 15) is 4.79 Å². The fraction of sp³-hybridized carbons (Fsp3) is 0.167. The second kappa shape index (κ2) is 5.58. The molecule has 18 heavy (non-hydrogen) atoms. The quantitative estimate of drug-likeness (QED) is 0.867. The van der Waals surface area contributed by atoms with Crippen LogP contribution in [0.25, 0.3) is 6.08 Å². The number of amidine groups is 1. The molecule has 0 saturated heterocycles. The van der Waals surface area contributed by atoms with Crippen molar-refractivity contribution in [1.82, 2.24) is 0 Å². The molecule has 0 radical (unpaired) electrons. The summed E-state index contributed by atoms with van der Waals surface area (Å²) in [5.74, 6) is 0.423. The average molecular weight is 327 g/mol. The van der Waals surface area contributed by atoms with Gasteiger partial charge >= 0.3 is 0 Å². The minimum atomic E-state index is -0.306. The van der Waals surface area contributed by atoms with Crippen LogP contribution in [0.4, 0.5) is 0 Å². The van der Waals surface area contributed by atoms with Crippen molar-refractivity contribution in [2.24, 2.45) is 10.7 Å². The second-order valence-electron chi connectivity index (χ2n) is 3.48. The standard InChI is InChI=1S/C12H11BrN2O2S/c1-2-17-9-4-3-8(13)5-7(9)6-10-11(16)15-12(14)18-10/h3-6H,2H2,1H3,(H2,14,15,16). The lowest BCUT2D eigenvalue weighted by atomic mass is 10.2. The predicted molar refractivity (Wildman–Crippen MR) is 77.5 cm³/mol. The first-order valence-corrected chi connectivity index (χ1v) is 6.91. The Kier molecular flexibility index (Phi) is 4.08. The molecule has 0 bridgehead atoms. The van der Waals surface area contributed by atoms with E-state index in [1.165, 1.54) is 11.8 Å². The van der Waals surface area contributed by atoms with Gasteiger partial charge in [0, 0.05) is 10.0 Å². The van der Waals surface area contributed by atoms with Gasteiger partial charge in [-0.1, -0.05) is 15.9 Å². The summed E-state index contributed by atoms with van der Waals surface area (Å²) in [7, 11) is 0. The summed E-state index contributed by atoms with van der Waals surface area (Å²) in [6, 6.07) is 5.64. The molecule has 0 aliphatic carbocycles. The minimum Gasteiger partial charge on any atom is -0.493 e. The van der Waals surface area contributed by atoms with E-state index in [0.29, 0.717) is 11.5 Å². The Morgan fingerprint density at radius 3 is 2.94 bits per heavy atom. The highest BCUT2D eigenvalue weighted by atomic mass is 79.9. The molecule has 94 valence electrons. The molecule has 0 atom stereocenters. The molecule has 1 amide bonds. The summed E-state index contributed by atoms with van der Waals surface area (Å²) >= 11 is 4.56. The van der Waals surface area contributed by atoms with Gasteiger partial charge in [-0.2, -0.15) is 4.99 Å². The number of carbonyl (C=O) groups excluding carboxylic acids is 1. The first-order chi connectivity index (χ1) is 8.60. The Balaban J connectivity index is 2.36. The highest BCUT2D eigenvalue weighted by molar-refractivity contribution is 9.10. The summed E-state index contributed by atoms with van der Waals surface area (Å²) in [5.41, 5.74) is 6.33. The molecule has 0 spiro atoms. The van der Waals surface area contributed by atoms with E-state index in [-0.39, 0.29) is 11.1 Å². The fourth-order valence-corrected chi connectivity index (χ4v) is 2.54. The van der Waals surface area contributed by atoms with Gasteiger partial charge in [0.2, 0.25) is 0 Å².